The molecule has 0 saturated heterocycles. The Morgan fingerprint density at radius 3 is 1.36 bits per heavy atom. The van der Waals surface area contributed by atoms with Crippen LogP contribution in [-0.2, 0) is 0 Å². The van der Waals surface area contributed by atoms with E-state index >= 15 is 0 Å². The maximum atomic E-state index is 13.1. The molecule has 1 aromatic rings. The van der Waals surface area contributed by atoms with Crippen molar-refractivity contribution in [3.05, 3.63) is 23.8 Å². The van der Waals surface area contributed by atoms with Crippen molar-refractivity contribution >= 4 is 37.8 Å². The Bertz CT molecular complexity index is 610. The SMILES string of the molecule is O=C(O)c1cc(OC(F)(F)C(F)(F)Br)cc(OC(F)(F)C(F)(F)Br)c1. The first kappa shape index (κ1) is 21.7. The molecule has 0 unspecified atom stereocenters. The van der Waals surface area contributed by atoms with Crippen LogP contribution in [0.25, 0.3) is 0 Å². The fourth-order valence-corrected chi connectivity index (χ4v) is 1.39. The maximum Gasteiger partial charge on any atom is 0.475 e. The quantitative estimate of drug-likeness (QED) is 0.398. The molecule has 25 heavy (non-hydrogen) atoms. The molecule has 1 rings (SSSR count). The number of carbonyl (C=O) groups is 1. The van der Waals surface area contributed by atoms with Crippen LogP contribution in [0.1, 0.15) is 10.4 Å². The summed E-state index contributed by atoms with van der Waals surface area (Å²) in [7, 11) is 0. The van der Waals surface area contributed by atoms with E-state index in [-0.39, 0.29) is 18.2 Å². The molecule has 0 bridgehead atoms. The number of rotatable bonds is 7. The fraction of sp³-hybridized carbons (Fsp3) is 0.364. The molecule has 0 fully saturated rings. The van der Waals surface area contributed by atoms with E-state index in [0.29, 0.717) is 0 Å². The first-order chi connectivity index (χ1) is 11.0. The molecule has 0 aliphatic heterocycles. The summed E-state index contributed by atoms with van der Waals surface area (Å²) in [6, 6.07) is 0.643. The second-order valence-electron chi connectivity index (χ2n) is 4.23. The molecule has 14 heteroatoms. The predicted octanol–water partition coefficient (Wildman–Crippen LogP) is 5.30. The molecule has 0 radical (unpaired) electrons. The maximum absolute atomic E-state index is 13.1. The molecule has 4 nitrogen and oxygen atoms in total. The third-order valence-corrected chi connectivity index (χ3v) is 3.20. The highest BCUT2D eigenvalue weighted by molar-refractivity contribution is 9.10. The molecule has 0 aromatic heterocycles. The lowest BCUT2D eigenvalue weighted by atomic mass is 10.2. The highest BCUT2D eigenvalue weighted by Crippen LogP contribution is 2.43. The van der Waals surface area contributed by atoms with Crippen LogP contribution >= 0.6 is 31.9 Å². The van der Waals surface area contributed by atoms with E-state index in [1.807, 2.05) is 0 Å². The number of carboxylic acids is 1. The van der Waals surface area contributed by atoms with Gasteiger partial charge in [0.1, 0.15) is 11.5 Å². The van der Waals surface area contributed by atoms with Crippen molar-refractivity contribution in [3.63, 3.8) is 0 Å². The van der Waals surface area contributed by atoms with Crippen molar-refractivity contribution in [2.75, 3.05) is 0 Å². The first-order valence-electron chi connectivity index (χ1n) is 5.62. The van der Waals surface area contributed by atoms with Crippen LogP contribution in [0.5, 0.6) is 11.5 Å². The van der Waals surface area contributed by atoms with E-state index in [9.17, 15) is 39.9 Å². The number of ether oxygens (including phenoxy) is 2. The van der Waals surface area contributed by atoms with Gasteiger partial charge < -0.3 is 14.6 Å². The number of hydrogen-bond acceptors (Lipinski definition) is 3. The van der Waals surface area contributed by atoms with Gasteiger partial charge in [-0.25, -0.2) is 4.79 Å². The van der Waals surface area contributed by atoms with Crippen LogP contribution in [0.15, 0.2) is 18.2 Å². The van der Waals surface area contributed by atoms with Crippen molar-refractivity contribution in [1.82, 2.24) is 0 Å². The summed E-state index contributed by atoms with van der Waals surface area (Å²) in [4.78, 5) is 1.01. The minimum absolute atomic E-state index is 0.103. The summed E-state index contributed by atoms with van der Waals surface area (Å²) in [5.41, 5.74) is -1.03. The van der Waals surface area contributed by atoms with Gasteiger partial charge in [-0.3, -0.25) is 0 Å². The number of halogens is 10. The highest BCUT2D eigenvalue weighted by Gasteiger charge is 2.59. The molecule has 0 saturated carbocycles. The van der Waals surface area contributed by atoms with Gasteiger partial charge in [-0.15, -0.1) is 0 Å². The molecule has 1 N–H and O–H groups in total. The molecular formula is C11H4Br2F8O4. The Balaban J connectivity index is 3.30. The molecule has 142 valence electrons. The molecule has 0 heterocycles. The Morgan fingerprint density at radius 1 is 0.800 bits per heavy atom. The monoisotopic (exact) mass is 510 g/mol. The van der Waals surface area contributed by atoms with Gasteiger partial charge >= 0.3 is 27.9 Å². The Kier molecular flexibility index (Phi) is 5.89. The lowest BCUT2D eigenvalue weighted by Gasteiger charge is -2.24. The van der Waals surface area contributed by atoms with Gasteiger partial charge in [0, 0.05) is 37.9 Å². The van der Waals surface area contributed by atoms with Crippen molar-refractivity contribution < 1.29 is 54.5 Å². The molecular weight excluding hydrogens is 508 g/mol. The summed E-state index contributed by atoms with van der Waals surface area (Å²) in [5.74, 6) is -4.60. The average Bonchev–Trinajstić information content (AvgIpc) is 2.34. The normalized spacial score (nSPS) is 13.5. The summed E-state index contributed by atoms with van der Waals surface area (Å²) >= 11 is 2.63. The minimum Gasteiger partial charge on any atom is -0.478 e. The van der Waals surface area contributed by atoms with Gasteiger partial charge in [0.05, 0.1) is 5.56 Å². The van der Waals surface area contributed by atoms with E-state index < -0.39 is 44.9 Å². The van der Waals surface area contributed by atoms with E-state index in [0.717, 1.165) is 0 Å². The van der Waals surface area contributed by atoms with E-state index in [1.54, 1.807) is 0 Å². The van der Waals surface area contributed by atoms with Gasteiger partial charge in [-0.05, 0) is 12.1 Å². The topological polar surface area (TPSA) is 55.8 Å². The Morgan fingerprint density at radius 2 is 1.12 bits per heavy atom. The smallest absolute Gasteiger partial charge is 0.475 e. The summed E-state index contributed by atoms with van der Waals surface area (Å²) in [6.45, 7) is 0. The minimum atomic E-state index is -5.23. The zero-order valence-electron chi connectivity index (χ0n) is 11.2. The standard InChI is InChI=1S/C11H4Br2F8O4/c12-8(14,15)10(18,19)24-5-1-4(7(22)23)2-6(3-5)25-11(20,21)9(13,16)17/h1-3H,(H,22,23). The number of hydrogen-bond donors (Lipinski definition) is 1. The lowest BCUT2D eigenvalue weighted by Crippen LogP contribution is -2.41. The second-order valence-corrected chi connectivity index (χ2v) is 6.22. The van der Waals surface area contributed by atoms with Crippen LogP contribution in [0, 0.1) is 0 Å². The molecule has 1 aromatic carbocycles. The van der Waals surface area contributed by atoms with Crippen LogP contribution in [0.3, 0.4) is 0 Å². The second kappa shape index (κ2) is 6.78. The zero-order valence-corrected chi connectivity index (χ0v) is 14.4. The van der Waals surface area contributed by atoms with Crippen molar-refractivity contribution in [2.24, 2.45) is 0 Å². The average molecular weight is 512 g/mol. The van der Waals surface area contributed by atoms with Crippen molar-refractivity contribution in [3.8, 4) is 11.5 Å². The molecule has 0 amide bonds. The van der Waals surface area contributed by atoms with Gasteiger partial charge in [-0.1, -0.05) is 0 Å². The van der Waals surface area contributed by atoms with Gasteiger partial charge in [0.25, 0.3) is 0 Å². The largest absolute Gasteiger partial charge is 0.478 e. The molecule has 0 spiro atoms. The van der Waals surface area contributed by atoms with Gasteiger partial charge in [0.2, 0.25) is 0 Å². The predicted molar refractivity (Wildman–Crippen MR) is 72.3 cm³/mol. The summed E-state index contributed by atoms with van der Waals surface area (Å²) < 4.78 is 110. The van der Waals surface area contributed by atoms with E-state index in [4.69, 9.17) is 5.11 Å². The molecule has 0 atom stereocenters. The Hall–Kier alpha value is -1.31. The van der Waals surface area contributed by atoms with Gasteiger partial charge in [-0.2, -0.15) is 35.1 Å². The highest BCUT2D eigenvalue weighted by atomic mass is 79.9. The molecule has 0 aliphatic carbocycles. The Labute approximate surface area is 149 Å². The summed E-state index contributed by atoms with van der Waals surface area (Å²) in [6.07, 6.45) is -10.5. The van der Waals surface area contributed by atoms with Crippen LogP contribution in [0.4, 0.5) is 35.1 Å². The third-order valence-electron chi connectivity index (χ3n) is 2.28. The van der Waals surface area contributed by atoms with E-state index in [2.05, 4.69) is 9.47 Å². The van der Waals surface area contributed by atoms with E-state index in [1.165, 1.54) is 31.9 Å². The zero-order chi connectivity index (χ0) is 19.8. The number of benzene rings is 1. The van der Waals surface area contributed by atoms with Crippen LogP contribution < -0.4 is 9.47 Å². The molecule has 0 aliphatic rings. The third kappa shape index (κ3) is 5.33. The first-order valence-corrected chi connectivity index (χ1v) is 7.20. The van der Waals surface area contributed by atoms with Crippen molar-refractivity contribution in [2.45, 2.75) is 21.9 Å². The van der Waals surface area contributed by atoms with Crippen LogP contribution in [-0.4, -0.2) is 33.0 Å². The summed E-state index contributed by atoms with van der Waals surface area (Å²) in [5, 5.41) is 8.75. The fourth-order valence-electron chi connectivity index (χ4n) is 1.22. The number of alkyl halides is 10. The lowest BCUT2D eigenvalue weighted by molar-refractivity contribution is -0.268. The number of aromatic carboxylic acids is 1. The van der Waals surface area contributed by atoms with Gasteiger partial charge in [0.15, 0.2) is 0 Å². The van der Waals surface area contributed by atoms with Crippen LogP contribution in [0.2, 0.25) is 0 Å². The number of carboxylic acid groups (broad SMARTS) is 1. The van der Waals surface area contributed by atoms with Crippen molar-refractivity contribution in [1.29, 1.82) is 0 Å².